The average Bonchev–Trinajstić information content (AvgIpc) is 2.57. The maximum atomic E-state index is 12.0. The molecule has 0 aliphatic carbocycles. The van der Waals surface area contributed by atoms with E-state index in [0.29, 0.717) is 29.2 Å². The molecule has 0 aliphatic rings. The fourth-order valence-corrected chi connectivity index (χ4v) is 3.12. The fourth-order valence-electron chi connectivity index (χ4n) is 2.13. The molecule has 0 unspecified atom stereocenters. The number of nitrogens with zero attached hydrogens (tertiary/aromatic N) is 1. The molecule has 2 aromatic carbocycles. The Morgan fingerprint density at radius 1 is 1.29 bits per heavy atom. The van der Waals surface area contributed by atoms with Crippen LogP contribution in [0.5, 0.6) is 11.5 Å². The summed E-state index contributed by atoms with van der Waals surface area (Å²) in [6.45, 7) is 3.99. The number of phenolic OH excluding ortho intramolecular Hbond substituents is 1. The highest BCUT2D eigenvalue weighted by Crippen LogP contribution is 2.29. The van der Waals surface area contributed by atoms with E-state index in [0.717, 1.165) is 0 Å². The summed E-state index contributed by atoms with van der Waals surface area (Å²) in [6.07, 6.45) is 1.47. The number of sulfonamides is 1. The molecule has 0 heterocycles. The van der Waals surface area contributed by atoms with Gasteiger partial charge in [-0.15, -0.1) is 0 Å². The number of aromatic hydroxyl groups is 1. The summed E-state index contributed by atoms with van der Waals surface area (Å²) < 4.78 is 31.6. The number of hydrogen-bond donors (Lipinski definition) is 2. The van der Waals surface area contributed by atoms with Gasteiger partial charge in [0.1, 0.15) is 0 Å². The number of ether oxygens (including phenoxy) is 1. The first-order valence-corrected chi connectivity index (χ1v) is 8.90. The van der Waals surface area contributed by atoms with E-state index >= 15 is 0 Å². The minimum absolute atomic E-state index is 0.00159. The number of hydrogen-bond acceptors (Lipinski definition) is 5. The van der Waals surface area contributed by atoms with Gasteiger partial charge in [0.2, 0.25) is 10.0 Å². The van der Waals surface area contributed by atoms with Crippen LogP contribution in [0.1, 0.15) is 18.1 Å². The maximum absolute atomic E-state index is 12.0. The topological polar surface area (TPSA) is 88.0 Å². The largest absolute Gasteiger partial charge is 0.504 e. The summed E-state index contributed by atoms with van der Waals surface area (Å²) in [6, 6.07) is 10.00. The van der Waals surface area contributed by atoms with Crippen molar-refractivity contribution in [2.24, 2.45) is 4.99 Å². The van der Waals surface area contributed by atoms with Gasteiger partial charge in [0.25, 0.3) is 0 Å². The smallest absolute Gasteiger partial charge is 0.240 e. The lowest BCUT2D eigenvalue weighted by molar-refractivity contribution is 0.318. The SMILES string of the molecule is CCOc1cccc(C=Nc2ccc(C)c(S(=O)(=O)NC)c2)c1O. The number of aliphatic imine (C=N–C) groups is 1. The highest BCUT2D eigenvalue weighted by Gasteiger charge is 2.14. The Balaban J connectivity index is 2.37. The van der Waals surface area contributed by atoms with Crippen molar-refractivity contribution in [1.82, 2.24) is 4.72 Å². The van der Waals surface area contributed by atoms with Gasteiger partial charge >= 0.3 is 0 Å². The summed E-state index contributed by atoms with van der Waals surface area (Å²) in [5.41, 5.74) is 1.58. The molecule has 0 radical (unpaired) electrons. The molecule has 0 saturated carbocycles. The highest BCUT2D eigenvalue weighted by atomic mass is 32.2. The van der Waals surface area contributed by atoms with Crippen molar-refractivity contribution in [2.45, 2.75) is 18.7 Å². The van der Waals surface area contributed by atoms with E-state index in [1.807, 2.05) is 6.92 Å². The van der Waals surface area contributed by atoms with E-state index in [4.69, 9.17) is 4.74 Å². The first kappa shape index (κ1) is 18.0. The quantitative estimate of drug-likeness (QED) is 0.786. The molecule has 2 N–H and O–H groups in total. The molecule has 7 heteroatoms. The van der Waals surface area contributed by atoms with Gasteiger partial charge in [0, 0.05) is 11.8 Å². The van der Waals surface area contributed by atoms with Gasteiger partial charge in [-0.25, -0.2) is 13.1 Å². The summed E-state index contributed by atoms with van der Waals surface area (Å²) in [5, 5.41) is 10.1. The van der Waals surface area contributed by atoms with Crippen LogP contribution in [-0.2, 0) is 10.0 Å². The molecule has 0 atom stereocenters. The first-order valence-electron chi connectivity index (χ1n) is 7.42. The van der Waals surface area contributed by atoms with Crippen LogP contribution in [0.4, 0.5) is 5.69 Å². The van der Waals surface area contributed by atoms with E-state index in [-0.39, 0.29) is 10.6 Å². The minimum Gasteiger partial charge on any atom is -0.504 e. The van der Waals surface area contributed by atoms with Crippen LogP contribution < -0.4 is 9.46 Å². The highest BCUT2D eigenvalue weighted by molar-refractivity contribution is 7.89. The van der Waals surface area contributed by atoms with Crippen LogP contribution in [-0.4, -0.2) is 33.4 Å². The maximum Gasteiger partial charge on any atom is 0.240 e. The lowest BCUT2D eigenvalue weighted by atomic mass is 10.2. The third-order valence-corrected chi connectivity index (χ3v) is 4.97. The lowest BCUT2D eigenvalue weighted by Gasteiger charge is -2.08. The molecule has 0 fully saturated rings. The van der Waals surface area contributed by atoms with Crippen LogP contribution in [0.15, 0.2) is 46.3 Å². The van der Waals surface area contributed by atoms with E-state index in [9.17, 15) is 13.5 Å². The zero-order chi connectivity index (χ0) is 17.7. The van der Waals surface area contributed by atoms with Gasteiger partial charge in [-0.05, 0) is 50.7 Å². The van der Waals surface area contributed by atoms with Gasteiger partial charge in [0.15, 0.2) is 11.5 Å². The summed E-state index contributed by atoms with van der Waals surface area (Å²) in [7, 11) is -2.19. The molecule has 2 rings (SSSR count). The molecule has 0 amide bonds. The van der Waals surface area contributed by atoms with Crippen molar-refractivity contribution < 1.29 is 18.3 Å². The van der Waals surface area contributed by atoms with Crippen molar-refractivity contribution in [3.63, 3.8) is 0 Å². The zero-order valence-electron chi connectivity index (χ0n) is 13.8. The number of aryl methyl sites for hydroxylation is 1. The van der Waals surface area contributed by atoms with Crippen LogP contribution in [0.2, 0.25) is 0 Å². The van der Waals surface area contributed by atoms with Gasteiger partial charge in [0.05, 0.1) is 17.2 Å². The van der Waals surface area contributed by atoms with Crippen molar-refractivity contribution in [2.75, 3.05) is 13.7 Å². The molecule has 128 valence electrons. The van der Waals surface area contributed by atoms with Crippen molar-refractivity contribution in [1.29, 1.82) is 0 Å². The second-order valence-corrected chi connectivity index (χ2v) is 6.90. The van der Waals surface area contributed by atoms with Crippen LogP contribution in [0.3, 0.4) is 0 Å². The Bertz CT molecular complexity index is 861. The molecule has 6 nitrogen and oxygen atoms in total. The van der Waals surface area contributed by atoms with Crippen molar-refractivity contribution in [3.8, 4) is 11.5 Å². The zero-order valence-corrected chi connectivity index (χ0v) is 14.6. The van der Waals surface area contributed by atoms with E-state index in [1.165, 1.54) is 19.3 Å². The predicted octanol–water partition coefficient (Wildman–Crippen LogP) is 2.76. The lowest BCUT2D eigenvalue weighted by Crippen LogP contribution is -2.19. The molecule has 0 saturated heterocycles. The van der Waals surface area contributed by atoms with Crippen molar-refractivity contribution >= 4 is 21.9 Å². The van der Waals surface area contributed by atoms with Gasteiger partial charge < -0.3 is 9.84 Å². The predicted molar refractivity (Wildman–Crippen MR) is 94.0 cm³/mol. The third-order valence-electron chi connectivity index (χ3n) is 3.41. The fraction of sp³-hybridized carbons (Fsp3) is 0.235. The Morgan fingerprint density at radius 2 is 2.04 bits per heavy atom. The van der Waals surface area contributed by atoms with Gasteiger partial charge in [-0.2, -0.15) is 0 Å². The average molecular weight is 348 g/mol. The summed E-state index contributed by atoms with van der Waals surface area (Å²) >= 11 is 0. The summed E-state index contributed by atoms with van der Waals surface area (Å²) in [4.78, 5) is 4.43. The first-order chi connectivity index (χ1) is 11.4. The Kier molecular flexibility index (Phi) is 5.58. The van der Waals surface area contributed by atoms with Crippen molar-refractivity contribution in [3.05, 3.63) is 47.5 Å². The number of nitrogens with one attached hydrogen (secondary N) is 1. The molecular weight excluding hydrogens is 328 g/mol. The molecular formula is C17H20N2O4S. The van der Waals surface area contributed by atoms with Crippen LogP contribution >= 0.6 is 0 Å². The van der Waals surface area contributed by atoms with E-state index < -0.39 is 10.0 Å². The summed E-state index contributed by atoms with van der Waals surface area (Å²) in [5.74, 6) is 0.377. The number of para-hydroxylation sites is 1. The van der Waals surface area contributed by atoms with E-state index in [2.05, 4.69) is 9.71 Å². The standard InChI is InChI=1S/C17H20N2O4S/c1-4-23-15-7-5-6-13(17(15)20)11-19-14-9-8-12(2)16(10-14)24(21,22)18-3/h5-11,18,20H,4H2,1-3H3. The van der Waals surface area contributed by atoms with Crippen LogP contribution in [0, 0.1) is 6.92 Å². The molecule has 0 spiro atoms. The van der Waals surface area contributed by atoms with Crippen LogP contribution in [0.25, 0.3) is 0 Å². The molecule has 2 aromatic rings. The molecule has 0 aromatic heterocycles. The monoisotopic (exact) mass is 348 g/mol. The Morgan fingerprint density at radius 3 is 2.71 bits per heavy atom. The third kappa shape index (κ3) is 3.93. The van der Waals surface area contributed by atoms with E-state index in [1.54, 1.807) is 37.3 Å². The number of benzene rings is 2. The normalized spacial score (nSPS) is 11.8. The molecule has 0 bridgehead atoms. The Labute approximate surface area is 141 Å². The van der Waals surface area contributed by atoms with Gasteiger partial charge in [-0.3, -0.25) is 4.99 Å². The second-order valence-electron chi connectivity index (χ2n) is 5.04. The number of phenols is 1. The Hall–Kier alpha value is -2.38. The molecule has 24 heavy (non-hydrogen) atoms. The second kappa shape index (κ2) is 7.46. The van der Waals surface area contributed by atoms with Gasteiger partial charge in [-0.1, -0.05) is 12.1 Å². The molecule has 0 aliphatic heterocycles. The number of rotatable bonds is 6. The minimum atomic E-state index is -3.55.